The average Bonchev–Trinajstić information content (AvgIpc) is 3.60. The molecule has 1 unspecified atom stereocenters. The summed E-state index contributed by atoms with van der Waals surface area (Å²) in [6, 6.07) is 33.7. The van der Waals surface area contributed by atoms with Gasteiger partial charge in [0.15, 0.2) is 5.13 Å². The normalized spacial score (nSPS) is 11.8. The average molecular weight is 788 g/mol. The maximum absolute atomic E-state index is 14.8. The van der Waals surface area contributed by atoms with Crippen molar-refractivity contribution in [1.29, 1.82) is 0 Å². The maximum Gasteiger partial charge on any atom is 0.272 e. The Morgan fingerprint density at radius 3 is 2.25 bits per heavy atom. The van der Waals surface area contributed by atoms with Gasteiger partial charge in [-0.3, -0.25) is 14.4 Å². The number of thioether (sulfide) groups is 1. The topological polar surface area (TPSA) is 100 Å². The molecule has 260 valence electrons. The number of hydrogen-bond donors (Lipinski definition) is 3. The molecular formula is C39H26Cl3FN4O3S2. The van der Waals surface area contributed by atoms with E-state index in [0.29, 0.717) is 42.6 Å². The van der Waals surface area contributed by atoms with E-state index in [1.165, 1.54) is 47.4 Å². The van der Waals surface area contributed by atoms with Gasteiger partial charge in [-0.25, -0.2) is 9.37 Å². The van der Waals surface area contributed by atoms with E-state index in [4.69, 9.17) is 34.8 Å². The van der Waals surface area contributed by atoms with Crippen LogP contribution in [0, 0.1) is 5.82 Å². The molecule has 5 aromatic carbocycles. The van der Waals surface area contributed by atoms with E-state index < -0.39 is 22.9 Å². The zero-order valence-electron chi connectivity index (χ0n) is 26.8. The van der Waals surface area contributed by atoms with Crippen molar-refractivity contribution < 1.29 is 18.8 Å². The van der Waals surface area contributed by atoms with E-state index in [1.54, 1.807) is 78.2 Å². The van der Waals surface area contributed by atoms with Gasteiger partial charge in [-0.05, 0) is 72.3 Å². The first-order valence-electron chi connectivity index (χ1n) is 15.5. The molecule has 13 heteroatoms. The molecule has 3 N–H and O–H groups in total. The van der Waals surface area contributed by atoms with Crippen LogP contribution in [0.2, 0.25) is 15.1 Å². The summed E-state index contributed by atoms with van der Waals surface area (Å²) < 4.78 is 14.8. The number of hydrogen-bond acceptors (Lipinski definition) is 6. The molecular weight excluding hydrogens is 762 g/mol. The van der Waals surface area contributed by atoms with Gasteiger partial charge in [0.05, 0.1) is 15.7 Å². The van der Waals surface area contributed by atoms with Gasteiger partial charge in [0, 0.05) is 37.7 Å². The van der Waals surface area contributed by atoms with Gasteiger partial charge in [-0.1, -0.05) is 95.5 Å². The fraction of sp³-hybridized carbons (Fsp3) is 0.0256. The number of benzene rings is 5. The Morgan fingerprint density at radius 1 is 0.788 bits per heavy atom. The van der Waals surface area contributed by atoms with Crippen LogP contribution in [0.4, 0.5) is 15.2 Å². The minimum atomic E-state index is -0.719. The van der Waals surface area contributed by atoms with Gasteiger partial charge in [-0.15, -0.1) is 23.1 Å². The van der Waals surface area contributed by atoms with Crippen LogP contribution >= 0.6 is 57.9 Å². The second-order valence-corrected chi connectivity index (χ2v) is 14.3. The lowest BCUT2D eigenvalue weighted by molar-refractivity contribution is -0.116. The largest absolute Gasteiger partial charge is 0.321 e. The Kier molecular flexibility index (Phi) is 12.1. The molecule has 0 saturated carbocycles. The van der Waals surface area contributed by atoms with Crippen molar-refractivity contribution in [2.24, 2.45) is 0 Å². The van der Waals surface area contributed by atoms with Crippen molar-refractivity contribution in [3.05, 3.63) is 170 Å². The molecule has 0 spiro atoms. The van der Waals surface area contributed by atoms with Gasteiger partial charge in [-0.2, -0.15) is 0 Å². The molecule has 0 fully saturated rings. The Morgan fingerprint density at radius 2 is 1.52 bits per heavy atom. The lowest BCUT2D eigenvalue weighted by Gasteiger charge is -2.17. The number of nitrogens with one attached hydrogen (secondary N) is 3. The van der Waals surface area contributed by atoms with Crippen molar-refractivity contribution in [1.82, 2.24) is 10.3 Å². The molecule has 0 radical (unpaired) electrons. The summed E-state index contributed by atoms with van der Waals surface area (Å²) in [6.45, 7) is 0. The number of aromatic nitrogens is 1. The second kappa shape index (κ2) is 17.0. The Bertz CT molecular complexity index is 2270. The van der Waals surface area contributed by atoms with Gasteiger partial charge in [0.1, 0.15) is 16.8 Å². The number of rotatable bonds is 11. The molecule has 3 amide bonds. The van der Waals surface area contributed by atoms with E-state index in [-0.39, 0.29) is 22.2 Å². The highest BCUT2D eigenvalue weighted by Crippen LogP contribution is 2.38. The molecule has 1 aromatic heterocycles. The number of carbonyl (C=O) groups is 3. The molecule has 0 aliphatic rings. The molecule has 1 heterocycles. The SMILES string of the molecule is O=C(Nc1cccc(SC(C(=O)Nc2nc(-c3ccc(Cl)cc3Cl)cs2)c2ccccc2)c1)/C(=C\c1c(F)cccc1Cl)NC(=O)c1ccccc1. The minimum absolute atomic E-state index is 0.0608. The summed E-state index contributed by atoms with van der Waals surface area (Å²) in [5.41, 5.74) is 2.40. The minimum Gasteiger partial charge on any atom is -0.321 e. The predicted molar refractivity (Wildman–Crippen MR) is 210 cm³/mol. The van der Waals surface area contributed by atoms with E-state index in [1.807, 2.05) is 30.3 Å². The van der Waals surface area contributed by atoms with Crippen LogP contribution in [-0.2, 0) is 9.59 Å². The fourth-order valence-corrected chi connectivity index (χ4v) is 7.46. The first-order valence-corrected chi connectivity index (χ1v) is 18.4. The molecule has 52 heavy (non-hydrogen) atoms. The van der Waals surface area contributed by atoms with Crippen LogP contribution in [0.25, 0.3) is 17.3 Å². The van der Waals surface area contributed by atoms with Gasteiger partial charge in [0.2, 0.25) is 5.91 Å². The van der Waals surface area contributed by atoms with Crippen LogP contribution in [0.3, 0.4) is 0 Å². The van der Waals surface area contributed by atoms with Crippen LogP contribution < -0.4 is 16.0 Å². The number of amides is 3. The standard InChI is InChI=1S/C39H26Cl3FN4O3S2/c40-25-17-18-28(31(42)19-25)34-22-51-39(46-34)47-38(50)35(23-9-3-1-4-10-23)52-27-14-7-13-26(20-27)44-37(49)33(21-29-30(41)15-8-16-32(29)43)45-36(48)24-11-5-2-6-12-24/h1-22,35H,(H,44,49)(H,45,48)(H,46,47,50)/b33-21+. The Hall–Kier alpha value is -4.97. The molecule has 0 saturated heterocycles. The number of nitrogens with zero attached hydrogens (tertiary/aromatic N) is 1. The van der Waals surface area contributed by atoms with Gasteiger partial charge >= 0.3 is 0 Å². The Labute approximate surface area is 321 Å². The summed E-state index contributed by atoms with van der Waals surface area (Å²) in [7, 11) is 0. The number of carbonyl (C=O) groups excluding carboxylic acids is 3. The molecule has 6 aromatic rings. The van der Waals surface area contributed by atoms with Gasteiger partial charge < -0.3 is 16.0 Å². The molecule has 0 aliphatic heterocycles. The maximum atomic E-state index is 14.8. The number of anilines is 2. The Balaban J connectivity index is 1.23. The summed E-state index contributed by atoms with van der Waals surface area (Å²) in [5.74, 6) is -2.27. The lowest BCUT2D eigenvalue weighted by atomic mass is 10.1. The van der Waals surface area contributed by atoms with Gasteiger partial charge in [0.25, 0.3) is 11.8 Å². The summed E-state index contributed by atoms with van der Waals surface area (Å²) in [4.78, 5) is 45.8. The summed E-state index contributed by atoms with van der Waals surface area (Å²) in [6.07, 6.45) is 1.19. The van der Waals surface area contributed by atoms with E-state index >= 15 is 0 Å². The third-order valence-electron chi connectivity index (χ3n) is 7.44. The smallest absolute Gasteiger partial charge is 0.272 e. The summed E-state index contributed by atoms with van der Waals surface area (Å²) in [5, 5.41) is 10.8. The van der Waals surface area contributed by atoms with E-state index in [9.17, 15) is 18.8 Å². The molecule has 6 rings (SSSR count). The predicted octanol–water partition coefficient (Wildman–Crippen LogP) is 10.8. The quantitative estimate of drug-likeness (QED) is 0.0897. The highest BCUT2D eigenvalue weighted by Gasteiger charge is 2.24. The number of halogens is 4. The number of thiazole rings is 1. The van der Waals surface area contributed by atoms with Crippen LogP contribution in [0.5, 0.6) is 0 Å². The van der Waals surface area contributed by atoms with Crippen molar-refractivity contribution in [3.63, 3.8) is 0 Å². The van der Waals surface area contributed by atoms with Crippen molar-refractivity contribution in [2.45, 2.75) is 10.1 Å². The summed E-state index contributed by atoms with van der Waals surface area (Å²) >= 11 is 21.2. The van der Waals surface area contributed by atoms with Crippen molar-refractivity contribution >= 4 is 92.5 Å². The molecule has 1 atom stereocenters. The third-order valence-corrected chi connectivity index (χ3v) is 10.3. The first kappa shape index (κ1) is 36.8. The van der Waals surface area contributed by atoms with Crippen molar-refractivity contribution in [3.8, 4) is 11.3 Å². The van der Waals surface area contributed by atoms with E-state index in [2.05, 4.69) is 20.9 Å². The zero-order valence-corrected chi connectivity index (χ0v) is 30.7. The second-order valence-electron chi connectivity index (χ2n) is 11.1. The zero-order chi connectivity index (χ0) is 36.6. The highest BCUT2D eigenvalue weighted by molar-refractivity contribution is 8.00. The highest BCUT2D eigenvalue weighted by atomic mass is 35.5. The first-order chi connectivity index (χ1) is 25.1. The van der Waals surface area contributed by atoms with Crippen LogP contribution in [0.15, 0.2) is 137 Å². The molecule has 0 bridgehead atoms. The fourth-order valence-electron chi connectivity index (χ4n) is 4.94. The van der Waals surface area contributed by atoms with E-state index in [0.717, 1.165) is 5.56 Å². The van der Waals surface area contributed by atoms with Crippen molar-refractivity contribution in [2.75, 3.05) is 10.6 Å². The van der Waals surface area contributed by atoms with Crippen LogP contribution in [-0.4, -0.2) is 22.7 Å². The van der Waals surface area contributed by atoms with Crippen LogP contribution in [0.1, 0.15) is 26.7 Å². The third kappa shape index (κ3) is 9.27. The monoisotopic (exact) mass is 786 g/mol. The lowest BCUT2D eigenvalue weighted by Crippen LogP contribution is -2.30. The molecule has 7 nitrogen and oxygen atoms in total. The molecule has 0 aliphatic carbocycles.